The predicted molar refractivity (Wildman–Crippen MR) is 96.2 cm³/mol. The lowest BCUT2D eigenvalue weighted by molar-refractivity contribution is -0.154. The summed E-state index contributed by atoms with van der Waals surface area (Å²) in [7, 11) is 0. The minimum atomic E-state index is -4.47. The van der Waals surface area contributed by atoms with Crippen LogP contribution in [0.5, 0.6) is 11.6 Å². The largest absolute Gasteiger partial charge is 0.479 e. The van der Waals surface area contributed by atoms with E-state index >= 15 is 0 Å². The number of rotatable bonds is 5. The molecule has 1 aromatic heterocycles. The monoisotopic (exact) mass is 424 g/mol. The van der Waals surface area contributed by atoms with Crippen molar-refractivity contribution in [2.45, 2.75) is 31.5 Å². The van der Waals surface area contributed by atoms with Gasteiger partial charge in [0, 0.05) is 36.7 Å². The van der Waals surface area contributed by atoms with Gasteiger partial charge in [0.2, 0.25) is 5.88 Å². The molecule has 2 heterocycles. The van der Waals surface area contributed by atoms with Gasteiger partial charge >= 0.3 is 6.18 Å². The number of fused-ring (bicyclic) bond motifs is 1. The van der Waals surface area contributed by atoms with Crippen LogP contribution in [-0.2, 0) is 11.2 Å². The molecule has 0 bridgehead atoms. The fourth-order valence-corrected chi connectivity index (χ4v) is 3.52. The molecule has 1 aliphatic carbocycles. The van der Waals surface area contributed by atoms with Gasteiger partial charge in [0.15, 0.2) is 18.5 Å². The van der Waals surface area contributed by atoms with E-state index < -0.39 is 30.6 Å². The maximum Gasteiger partial charge on any atom is 0.422 e. The highest BCUT2D eigenvalue weighted by molar-refractivity contribution is 6.04. The number of hydrogen-bond donors (Lipinski definition) is 0. The Morgan fingerprint density at radius 1 is 1.17 bits per heavy atom. The lowest BCUT2D eigenvalue weighted by Gasteiger charge is -2.18. The van der Waals surface area contributed by atoms with Crippen LogP contribution in [0.4, 0.5) is 23.2 Å². The van der Waals surface area contributed by atoms with Crippen molar-refractivity contribution in [1.29, 1.82) is 0 Å². The summed E-state index contributed by atoms with van der Waals surface area (Å²) in [6.07, 6.45) is -3.24. The van der Waals surface area contributed by atoms with Crippen LogP contribution < -0.4 is 14.4 Å². The standard InChI is InChI=1S/C20H16F4N2O4/c21-15-8-11(7-14-13(15)2-3-16(14)27)26-6-5-17(19(26)28)30-12-1-4-18(25-9-12)29-10-20(22,23)24/h1,4,7-9,17H,2-3,5-6,10H2. The fourth-order valence-electron chi connectivity index (χ4n) is 3.52. The smallest absolute Gasteiger partial charge is 0.422 e. The molecular weight excluding hydrogens is 408 g/mol. The minimum absolute atomic E-state index is 0.149. The van der Waals surface area contributed by atoms with Gasteiger partial charge in [0.05, 0.1) is 6.20 Å². The van der Waals surface area contributed by atoms with Crippen LogP contribution in [0.25, 0.3) is 0 Å². The lowest BCUT2D eigenvalue weighted by Crippen LogP contribution is -2.32. The molecule has 158 valence electrons. The zero-order valence-corrected chi connectivity index (χ0v) is 15.5. The summed E-state index contributed by atoms with van der Waals surface area (Å²) in [4.78, 5) is 29.7. The average molecular weight is 424 g/mol. The third-order valence-corrected chi connectivity index (χ3v) is 4.92. The number of ether oxygens (including phenoxy) is 2. The van der Waals surface area contributed by atoms with Crippen molar-refractivity contribution in [1.82, 2.24) is 4.98 Å². The molecule has 6 nitrogen and oxygen atoms in total. The summed E-state index contributed by atoms with van der Waals surface area (Å²) in [5.41, 5.74) is 0.981. The van der Waals surface area contributed by atoms with Gasteiger partial charge < -0.3 is 14.4 Å². The number of alkyl halides is 3. The van der Waals surface area contributed by atoms with Crippen LogP contribution in [0.1, 0.15) is 28.8 Å². The molecule has 0 radical (unpaired) electrons. The molecule has 2 aliphatic rings. The topological polar surface area (TPSA) is 68.7 Å². The number of anilines is 1. The van der Waals surface area contributed by atoms with Gasteiger partial charge in [0.1, 0.15) is 11.6 Å². The number of pyridine rings is 1. The van der Waals surface area contributed by atoms with Crippen molar-refractivity contribution in [3.63, 3.8) is 0 Å². The van der Waals surface area contributed by atoms with E-state index in [0.717, 1.165) is 6.20 Å². The third kappa shape index (κ3) is 4.07. The molecule has 1 amide bonds. The number of carbonyl (C=O) groups is 2. The second-order valence-electron chi connectivity index (χ2n) is 7.00. The zero-order valence-electron chi connectivity index (χ0n) is 15.5. The van der Waals surface area contributed by atoms with Gasteiger partial charge in [-0.15, -0.1) is 0 Å². The number of amides is 1. The van der Waals surface area contributed by atoms with E-state index in [1.54, 1.807) is 0 Å². The van der Waals surface area contributed by atoms with E-state index in [1.165, 1.54) is 29.2 Å². The lowest BCUT2D eigenvalue weighted by atomic mass is 10.1. The number of hydrogen-bond acceptors (Lipinski definition) is 5. The van der Waals surface area contributed by atoms with Crippen LogP contribution >= 0.6 is 0 Å². The number of ketones is 1. The highest BCUT2D eigenvalue weighted by atomic mass is 19.4. The predicted octanol–water partition coefficient (Wildman–Crippen LogP) is 3.48. The van der Waals surface area contributed by atoms with Crippen LogP contribution in [0, 0.1) is 5.82 Å². The SMILES string of the molecule is O=C1CCc2c(F)cc(N3CCC(Oc4ccc(OCC(F)(F)F)nc4)C3=O)cc21. The first-order valence-electron chi connectivity index (χ1n) is 9.20. The molecule has 0 saturated carbocycles. The molecule has 4 rings (SSSR count). The summed E-state index contributed by atoms with van der Waals surface area (Å²) in [6, 6.07) is 5.33. The Kier molecular flexibility index (Phi) is 5.08. The van der Waals surface area contributed by atoms with Gasteiger partial charge in [-0.3, -0.25) is 9.59 Å². The Balaban J connectivity index is 1.42. The number of halogens is 4. The van der Waals surface area contributed by atoms with Crippen LogP contribution in [0.15, 0.2) is 30.5 Å². The molecule has 30 heavy (non-hydrogen) atoms. The van der Waals surface area contributed by atoms with Crippen molar-refractivity contribution in [2.24, 2.45) is 0 Å². The summed E-state index contributed by atoms with van der Waals surface area (Å²) in [6.45, 7) is -1.19. The van der Waals surface area contributed by atoms with E-state index in [-0.39, 0.29) is 30.4 Å². The second-order valence-corrected chi connectivity index (χ2v) is 7.00. The highest BCUT2D eigenvalue weighted by Crippen LogP contribution is 2.32. The Morgan fingerprint density at radius 3 is 2.67 bits per heavy atom. The number of nitrogens with zero attached hydrogens (tertiary/aromatic N) is 2. The Bertz CT molecular complexity index is 992. The number of Topliss-reactive ketones (excluding diaryl/α,β-unsaturated/α-hetero) is 1. The first kappa shape index (κ1) is 20.1. The molecule has 1 aliphatic heterocycles. The first-order valence-corrected chi connectivity index (χ1v) is 9.20. The van der Waals surface area contributed by atoms with Gasteiger partial charge in [-0.05, 0) is 30.2 Å². The Hall–Kier alpha value is -3.17. The van der Waals surface area contributed by atoms with E-state index in [2.05, 4.69) is 9.72 Å². The molecule has 0 spiro atoms. The summed E-state index contributed by atoms with van der Waals surface area (Å²) in [5, 5.41) is 0. The summed E-state index contributed by atoms with van der Waals surface area (Å²) >= 11 is 0. The average Bonchev–Trinajstić information content (AvgIpc) is 3.24. The molecule has 0 N–H and O–H groups in total. The minimum Gasteiger partial charge on any atom is -0.479 e. The van der Waals surface area contributed by atoms with Crippen LogP contribution in [0.3, 0.4) is 0 Å². The van der Waals surface area contributed by atoms with Crippen LogP contribution in [-0.4, -0.2) is 42.1 Å². The van der Waals surface area contributed by atoms with E-state index in [0.29, 0.717) is 29.7 Å². The normalized spacial score (nSPS) is 18.7. The van der Waals surface area contributed by atoms with E-state index in [1.807, 2.05) is 0 Å². The van der Waals surface area contributed by atoms with Crippen molar-refractivity contribution >= 4 is 17.4 Å². The molecule has 10 heteroatoms. The zero-order chi connectivity index (χ0) is 21.5. The molecule has 1 atom stereocenters. The Morgan fingerprint density at radius 2 is 1.97 bits per heavy atom. The maximum absolute atomic E-state index is 14.3. The molecule has 1 unspecified atom stereocenters. The van der Waals surface area contributed by atoms with E-state index in [9.17, 15) is 27.2 Å². The van der Waals surface area contributed by atoms with Gasteiger partial charge in [0.25, 0.3) is 5.91 Å². The van der Waals surface area contributed by atoms with Crippen molar-refractivity contribution in [3.8, 4) is 11.6 Å². The highest BCUT2D eigenvalue weighted by Gasteiger charge is 2.36. The summed E-state index contributed by atoms with van der Waals surface area (Å²) < 4.78 is 60.9. The quantitative estimate of drug-likeness (QED) is 0.688. The van der Waals surface area contributed by atoms with E-state index in [4.69, 9.17) is 4.74 Å². The second kappa shape index (κ2) is 7.58. The number of aromatic nitrogens is 1. The maximum atomic E-state index is 14.3. The number of benzene rings is 1. The summed E-state index contributed by atoms with van der Waals surface area (Å²) in [5.74, 6) is -1.10. The molecule has 1 fully saturated rings. The van der Waals surface area contributed by atoms with Crippen molar-refractivity contribution < 1.29 is 36.6 Å². The molecule has 2 aromatic rings. The fraction of sp³-hybridized carbons (Fsp3) is 0.350. The van der Waals surface area contributed by atoms with Gasteiger partial charge in [-0.1, -0.05) is 0 Å². The first-order chi connectivity index (χ1) is 14.2. The Labute approximate surface area is 168 Å². The molecule has 1 saturated heterocycles. The van der Waals surface area contributed by atoms with Crippen molar-refractivity contribution in [2.75, 3.05) is 18.1 Å². The van der Waals surface area contributed by atoms with Crippen LogP contribution in [0.2, 0.25) is 0 Å². The number of carbonyl (C=O) groups excluding carboxylic acids is 2. The van der Waals surface area contributed by atoms with Gasteiger partial charge in [-0.25, -0.2) is 9.37 Å². The van der Waals surface area contributed by atoms with Crippen molar-refractivity contribution in [3.05, 3.63) is 47.4 Å². The third-order valence-electron chi connectivity index (χ3n) is 4.92. The molecule has 1 aromatic carbocycles. The van der Waals surface area contributed by atoms with Gasteiger partial charge in [-0.2, -0.15) is 13.2 Å². The molecular formula is C20H16F4N2O4.